The van der Waals surface area contributed by atoms with Gasteiger partial charge in [0.1, 0.15) is 6.61 Å². The molecule has 1 aromatic carbocycles. The number of benzene rings is 1. The molecule has 0 saturated heterocycles. The Morgan fingerprint density at radius 1 is 0.897 bits per heavy atom. The summed E-state index contributed by atoms with van der Waals surface area (Å²) in [4.78, 5) is 34.9. The second-order valence-electron chi connectivity index (χ2n) is 6.66. The molecule has 1 rings (SSSR count). The van der Waals surface area contributed by atoms with Crippen molar-refractivity contribution in [2.45, 2.75) is 47.5 Å². The van der Waals surface area contributed by atoms with E-state index in [0.29, 0.717) is 0 Å². The Bertz CT molecular complexity index is 777. The molecule has 0 aliphatic carbocycles. The predicted octanol–water partition coefficient (Wildman–Crippen LogP) is 4.40. The van der Waals surface area contributed by atoms with Crippen molar-refractivity contribution in [3.63, 3.8) is 0 Å². The molecular formula is C22H28O7. The first-order valence-electron chi connectivity index (χ1n) is 9.19. The zero-order chi connectivity index (χ0) is 22.0. The maximum absolute atomic E-state index is 11.9. The molecule has 0 atom stereocenters. The minimum Gasteiger partial charge on any atom is -0.482 e. The van der Waals surface area contributed by atoms with Crippen LogP contribution >= 0.6 is 0 Å². The van der Waals surface area contributed by atoms with Crippen LogP contribution in [-0.4, -0.2) is 31.6 Å². The van der Waals surface area contributed by atoms with Crippen molar-refractivity contribution in [1.82, 2.24) is 0 Å². The number of rotatable bonds is 9. The number of carbonyl (C=O) groups excluding carboxylic acids is 3. The number of hydrogen-bond acceptors (Lipinski definition) is 7. The number of allylic oxidation sites excluding steroid dienone is 3. The van der Waals surface area contributed by atoms with E-state index in [9.17, 15) is 14.4 Å². The molecule has 0 bridgehead atoms. The highest BCUT2D eigenvalue weighted by Crippen LogP contribution is 2.39. The van der Waals surface area contributed by atoms with Gasteiger partial charge >= 0.3 is 17.9 Å². The van der Waals surface area contributed by atoms with Gasteiger partial charge in [0, 0.05) is 13.8 Å². The molecule has 0 N–H and O–H groups in total. The van der Waals surface area contributed by atoms with Crippen LogP contribution in [-0.2, 0) is 14.3 Å². The van der Waals surface area contributed by atoms with Gasteiger partial charge in [-0.15, -0.1) is 0 Å². The van der Waals surface area contributed by atoms with Gasteiger partial charge < -0.3 is 18.9 Å². The molecule has 158 valence electrons. The van der Waals surface area contributed by atoms with Crippen molar-refractivity contribution in [3.8, 4) is 17.2 Å². The van der Waals surface area contributed by atoms with Gasteiger partial charge in [0.25, 0.3) is 0 Å². The van der Waals surface area contributed by atoms with E-state index in [2.05, 4.69) is 10.8 Å². The molecule has 0 heterocycles. The van der Waals surface area contributed by atoms with E-state index in [-0.39, 0.29) is 29.4 Å². The smallest absolute Gasteiger partial charge is 0.338 e. The third-order valence-electron chi connectivity index (χ3n) is 3.70. The maximum Gasteiger partial charge on any atom is 0.338 e. The summed E-state index contributed by atoms with van der Waals surface area (Å²) in [7, 11) is 1.21. The second kappa shape index (κ2) is 11.7. The van der Waals surface area contributed by atoms with Crippen LogP contribution in [0.5, 0.6) is 17.2 Å². The highest BCUT2D eigenvalue weighted by molar-refractivity contribution is 5.91. The summed E-state index contributed by atoms with van der Waals surface area (Å²) in [6.07, 6.45) is 5.85. The molecule has 0 spiro atoms. The fourth-order valence-corrected chi connectivity index (χ4v) is 2.37. The van der Waals surface area contributed by atoms with Gasteiger partial charge in [-0.1, -0.05) is 17.2 Å². The van der Waals surface area contributed by atoms with Gasteiger partial charge in [0.2, 0.25) is 5.75 Å². The molecule has 1 aromatic rings. The highest BCUT2D eigenvalue weighted by atomic mass is 16.6. The Balaban J connectivity index is 3.16. The summed E-state index contributed by atoms with van der Waals surface area (Å²) in [6, 6.07) is 2.61. The lowest BCUT2D eigenvalue weighted by Gasteiger charge is -2.15. The Kier molecular flexibility index (Phi) is 9.65. The van der Waals surface area contributed by atoms with Gasteiger partial charge in [-0.2, -0.15) is 0 Å². The summed E-state index contributed by atoms with van der Waals surface area (Å²) < 4.78 is 20.7. The van der Waals surface area contributed by atoms with Crippen LogP contribution in [0.3, 0.4) is 0 Å². The molecule has 0 radical (unpaired) electrons. The summed E-state index contributed by atoms with van der Waals surface area (Å²) in [5.74, 6) is -1.91. The van der Waals surface area contributed by atoms with E-state index in [0.717, 1.165) is 18.4 Å². The van der Waals surface area contributed by atoms with Gasteiger partial charge in [0.05, 0.1) is 12.7 Å². The van der Waals surface area contributed by atoms with Crippen LogP contribution in [0.4, 0.5) is 0 Å². The van der Waals surface area contributed by atoms with Crippen molar-refractivity contribution in [1.29, 1.82) is 0 Å². The van der Waals surface area contributed by atoms with E-state index in [1.165, 1.54) is 38.7 Å². The molecule has 0 aliphatic rings. The zero-order valence-electron chi connectivity index (χ0n) is 17.8. The molecule has 0 saturated carbocycles. The van der Waals surface area contributed by atoms with Crippen LogP contribution in [0, 0.1) is 0 Å². The average molecular weight is 404 g/mol. The maximum atomic E-state index is 11.9. The number of carbonyl (C=O) groups is 3. The monoisotopic (exact) mass is 404 g/mol. The van der Waals surface area contributed by atoms with Gasteiger partial charge in [-0.3, -0.25) is 9.59 Å². The predicted molar refractivity (Wildman–Crippen MR) is 108 cm³/mol. The van der Waals surface area contributed by atoms with Gasteiger partial charge in [-0.25, -0.2) is 4.79 Å². The Morgan fingerprint density at radius 3 is 1.90 bits per heavy atom. The minimum absolute atomic E-state index is 0.0350. The lowest BCUT2D eigenvalue weighted by atomic mass is 10.1. The quantitative estimate of drug-likeness (QED) is 0.342. The van der Waals surface area contributed by atoms with Crippen LogP contribution in [0.15, 0.2) is 35.4 Å². The fourth-order valence-electron chi connectivity index (χ4n) is 2.37. The van der Waals surface area contributed by atoms with Crippen molar-refractivity contribution in [3.05, 3.63) is 41.0 Å². The van der Waals surface area contributed by atoms with Crippen molar-refractivity contribution < 1.29 is 33.3 Å². The SMILES string of the molecule is COC(=O)c1cc(OC(C)=O)c(OC/C=C(\C)CCC=C(C)C)c(OC(C)=O)c1. The third kappa shape index (κ3) is 8.64. The topological polar surface area (TPSA) is 88.1 Å². The highest BCUT2D eigenvalue weighted by Gasteiger charge is 2.21. The Labute approximate surface area is 171 Å². The van der Waals surface area contributed by atoms with E-state index in [1.54, 1.807) is 0 Å². The van der Waals surface area contributed by atoms with Crippen LogP contribution in [0.2, 0.25) is 0 Å². The van der Waals surface area contributed by atoms with Gasteiger partial charge in [-0.05, 0) is 51.8 Å². The lowest BCUT2D eigenvalue weighted by Crippen LogP contribution is -2.11. The molecule has 0 amide bonds. The molecule has 7 heteroatoms. The molecular weight excluding hydrogens is 376 g/mol. The summed E-state index contributed by atoms with van der Waals surface area (Å²) in [5, 5.41) is 0. The number of ether oxygens (including phenoxy) is 4. The molecule has 7 nitrogen and oxygen atoms in total. The first-order valence-corrected chi connectivity index (χ1v) is 9.19. The minimum atomic E-state index is -0.673. The van der Waals surface area contributed by atoms with Crippen LogP contribution < -0.4 is 14.2 Å². The number of hydrogen-bond donors (Lipinski definition) is 0. The van der Waals surface area contributed by atoms with Crippen molar-refractivity contribution >= 4 is 17.9 Å². The van der Waals surface area contributed by atoms with Crippen molar-refractivity contribution in [2.75, 3.05) is 13.7 Å². The lowest BCUT2D eigenvalue weighted by molar-refractivity contribution is -0.132. The molecule has 29 heavy (non-hydrogen) atoms. The summed E-state index contributed by atoms with van der Waals surface area (Å²) in [5.41, 5.74) is 2.44. The normalized spacial score (nSPS) is 10.8. The van der Waals surface area contributed by atoms with E-state index < -0.39 is 17.9 Å². The average Bonchev–Trinajstić information content (AvgIpc) is 2.61. The Morgan fingerprint density at radius 2 is 1.45 bits per heavy atom. The first-order chi connectivity index (χ1) is 13.6. The van der Waals surface area contributed by atoms with E-state index in [4.69, 9.17) is 14.2 Å². The fraction of sp³-hybridized carbons (Fsp3) is 0.409. The van der Waals surface area contributed by atoms with Crippen molar-refractivity contribution in [2.24, 2.45) is 0 Å². The second-order valence-corrected chi connectivity index (χ2v) is 6.66. The molecule has 0 unspecified atom stereocenters. The molecule has 0 fully saturated rings. The van der Waals surface area contributed by atoms with Crippen LogP contribution in [0.25, 0.3) is 0 Å². The third-order valence-corrected chi connectivity index (χ3v) is 3.70. The summed E-state index contributed by atoms with van der Waals surface area (Å²) >= 11 is 0. The van der Waals surface area contributed by atoms with Gasteiger partial charge in [0.15, 0.2) is 11.5 Å². The summed E-state index contributed by atoms with van der Waals surface area (Å²) in [6.45, 7) is 8.69. The Hall–Kier alpha value is -3.09. The number of esters is 3. The molecule has 0 aromatic heterocycles. The largest absolute Gasteiger partial charge is 0.482 e. The van der Waals surface area contributed by atoms with E-state index in [1.807, 2.05) is 26.8 Å². The van der Waals surface area contributed by atoms with E-state index >= 15 is 0 Å². The first kappa shape index (κ1) is 23.9. The molecule has 0 aliphatic heterocycles. The van der Waals surface area contributed by atoms with Crippen LogP contribution in [0.1, 0.15) is 57.8 Å². The zero-order valence-corrected chi connectivity index (χ0v) is 17.8. The number of methoxy groups -OCH3 is 1. The standard InChI is InChI=1S/C22H28O7/c1-14(2)8-7-9-15(3)10-11-27-21-19(28-16(4)23)12-18(22(25)26-6)13-20(21)29-17(5)24/h8,10,12-13H,7,9,11H2,1-6H3/b15-10+.